The van der Waals surface area contributed by atoms with Gasteiger partial charge in [-0.25, -0.2) is 4.98 Å². The number of rotatable bonds is 8. The number of fused-ring (bicyclic) bond motifs is 1. The minimum Gasteiger partial charge on any atom is -0.491 e. The number of thiazole rings is 1. The lowest BCUT2D eigenvalue weighted by Crippen LogP contribution is -2.48. The van der Waals surface area contributed by atoms with E-state index in [1.54, 1.807) is 11.3 Å². The van der Waals surface area contributed by atoms with Gasteiger partial charge >= 0.3 is 0 Å². The lowest BCUT2D eigenvalue weighted by atomic mass is 10.1. The number of piperazine rings is 1. The van der Waals surface area contributed by atoms with E-state index >= 15 is 0 Å². The summed E-state index contributed by atoms with van der Waals surface area (Å²) in [6.45, 7) is 9.10. The van der Waals surface area contributed by atoms with Gasteiger partial charge in [-0.05, 0) is 38.1 Å². The first-order valence-electron chi connectivity index (χ1n) is 11.5. The summed E-state index contributed by atoms with van der Waals surface area (Å²) in [5, 5.41) is 15.7. The zero-order chi connectivity index (χ0) is 23.5. The van der Waals surface area contributed by atoms with Gasteiger partial charge in [-0.15, -0.1) is 11.3 Å². The van der Waals surface area contributed by atoms with Crippen molar-refractivity contribution in [3.63, 3.8) is 0 Å². The van der Waals surface area contributed by atoms with Crippen molar-refractivity contribution in [2.24, 2.45) is 0 Å². The Kier molecular flexibility index (Phi) is 6.87. The number of hydrogen-bond acceptors (Lipinski definition) is 9. The minimum atomic E-state index is -0.548. The topological polar surface area (TPSA) is 87.8 Å². The molecule has 0 radical (unpaired) electrons. The molecule has 0 unspecified atom stereocenters. The molecule has 1 atom stereocenters. The van der Waals surface area contributed by atoms with Crippen LogP contribution in [0.25, 0.3) is 21.7 Å². The highest BCUT2D eigenvalue weighted by atomic mass is 32.1. The van der Waals surface area contributed by atoms with Crippen LogP contribution in [0.3, 0.4) is 0 Å². The molecule has 1 N–H and O–H groups in total. The van der Waals surface area contributed by atoms with E-state index in [4.69, 9.17) is 9.26 Å². The number of nitrogens with zero attached hydrogens (tertiary/aromatic N) is 5. The van der Waals surface area contributed by atoms with Gasteiger partial charge in [-0.3, -0.25) is 9.80 Å². The van der Waals surface area contributed by atoms with Crippen LogP contribution in [0.1, 0.15) is 16.4 Å². The van der Waals surface area contributed by atoms with Gasteiger partial charge in [0.15, 0.2) is 5.82 Å². The van der Waals surface area contributed by atoms with Gasteiger partial charge in [0, 0.05) is 44.4 Å². The lowest BCUT2D eigenvalue weighted by molar-refractivity contribution is 0.0440. The van der Waals surface area contributed by atoms with E-state index in [2.05, 4.69) is 24.9 Å². The van der Waals surface area contributed by atoms with Crippen LogP contribution in [0.15, 0.2) is 47.0 Å². The van der Waals surface area contributed by atoms with Crippen molar-refractivity contribution in [2.45, 2.75) is 26.5 Å². The highest BCUT2D eigenvalue weighted by Crippen LogP contribution is 2.25. The first-order chi connectivity index (χ1) is 16.5. The fraction of sp³-hybridized carbons (Fsp3) is 0.400. The third kappa shape index (κ3) is 5.61. The predicted molar refractivity (Wildman–Crippen MR) is 132 cm³/mol. The van der Waals surface area contributed by atoms with Crippen molar-refractivity contribution in [2.75, 3.05) is 39.3 Å². The number of β-amino-alcohol motifs (C(OH)–C–C–N with tert-alkyl or cyclic N) is 1. The Hall–Kier alpha value is -2.85. The predicted octanol–water partition coefficient (Wildman–Crippen LogP) is 3.52. The van der Waals surface area contributed by atoms with Gasteiger partial charge in [0.1, 0.15) is 18.5 Å². The van der Waals surface area contributed by atoms with E-state index in [0.29, 0.717) is 24.8 Å². The van der Waals surface area contributed by atoms with Gasteiger partial charge in [0.2, 0.25) is 0 Å². The molecular formula is C25H29N5O3S. The first-order valence-corrected chi connectivity index (χ1v) is 12.4. The summed E-state index contributed by atoms with van der Waals surface area (Å²) in [4.78, 5) is 13.6. The smallest absolute Gasteiger partial charge is 0.257 e. The molecule has 0 spiro atoms. The first kappa shape index (κ1) is 22.9. The Bertz CT molecular complexity index is 1250. The van der Waals surface area contributed by atoms with E-state index in [-0.39, 0.29) is 6.61 Å². The van der Waals surface area contributed by atoms with Crippen LogP contribution in [-0.2, 0) is 6.54 Å². The number of ether oxygens (including phenoxy) is 1. The quantitative estimate of drug-likeness (QED) is 0.411. The van der Waals surface area contributed by atoms with E-state index in [1.165, 1.54) is 0 Å². The summed E-state index contributed by atoms with van der Waals surface area (Å²) in [6, 6.07) is 14.0. The number of aromatic nitrogens is 3. The van der Waals surface area contributed by atoms with Crippen LogP contribution in [0.4, 0.5) is 0 Å². The normalized spacial score (nSPS) is 16.2. The second kappa shape index (κ2) is 10.2. The van der Waals surface area contributed by atoms with Crippen molar-refractivity contribution < 1.29 is 14.4 Å². The Morgan fingerprint density at radius 1 is 1.06 bits per heavy atom. The Labute approximate surface area is 202 Å². The highest BCUT2D eigenvalue weighted by molar-refractivity contribution is 7.18. The molecule has 5 rings (SSSR count). The van der Waals surface area contributed by atoms with Crippen molar-refractivity contribution in [3.05, 3.63) is 58.9 Å². The van der Waals surface area contributed by atoms with E-state index < -0.39 is 6.10 Å². The molecule has 0 saturated carbocycles. The molecule has 0 bridgehead atoms. The maximum Gasteiger partial charge on any atom is 0.257 e. The third-order valence-corrected chi connectivity index (χ3v) is 6.89. The fourth-order valence-corrected chi connectivity index (χ4v) is 5.01. The molecular weight excluding hydrogens is 450 g/mol. The van der Waals surface area contributed by atoms with Crippen molar-refractivity contribution in [1.29, 1.82) is 0 Å². The van der Waals surface area contributed by atoms with E-state index in [9.17, 15) is 5.11 Å². The molecule has 1 aliphatic rings. The molecule has 0 amide bonds. The van der Waals surface area contributed by atoms with E-state index in [0.717, 1.165) is 58.3 Å². The van der Waals surface area contributed by atoms with Gasteiger partial charge in [0.25, 0.3) is 5.89 Å². The summed E-state index contributed by atoms with van der Waals surface area (Å²) >= 11 is 1.67. The summed E-state index contributed by atoms with van der Waals surface area (Å²) in [5.74, 6) is 2.00. The summed E-state index contributed by atoms with van der Waals surface area (Å²) in [7, 11) is 0. The van der Waals surface area contributed by atoms with Gasteiger partial charge in [-0.1, -0.05) is 22.9 Å². The summed E-state index contributed by atoms with van der Waals surface area (Å²) < 4.78 is 12.4. The van der Waals surface area contributed by atoms with Crippen LogP contribution in [-0.4, -0.2) is 75.5 Å². The second-order valence-electron chi connectivity index (χ2n) is 8.79. The second-order valence-corrected chi connectivity index (χ2v) is 10.0. The molecule has 2 aromatic heterocycles. The van der Waals surface area contributed by atoms with Crippen molar-refractivity contribution >= 4 is 21.6 Å². The van der Waals surface area contributed by atoms with Crippen LogP contribution < -0.4 is 4.74 Å². The average Bonchev–Trinajstić information content (AvgIpc) is 3.44. The zero-order valence-corrected chi connectivity index (χ0v) is 20.3. The van der Waals surface area contributed by atoms with Gasteiger partial charge in [0.05, 0.1) is 21.8 Å². The van der Waals surface area contributed by atoms with Crippen molar-refractivity contribution in [3.8, 4) is 17.2 Å². The largest absolute Gasteiger partial charge is 0.491 e. The third-order valence-electron chi connectivity index (χ3n) is 5.94. The summed E-state index contributed by atoms with van der Waals surface area (Å²) in [6.07, 6.45) is -0.548. The standard InChI is InChI=1S/C25H29N5O3S/c1-17-4-3-5-19(12-17)25-27-24(28-33-25)15-30-10-8-29(9-11-30)14-20(31)16-32-21-6-7-23-22(13-21)26-18(2)34-23/h3-7,12-13,20,31H,8-11,14-16H2,1-2H3/t20-/m0/s1. The van der Waals surface area contributed by atoms with Gasteiger partial charge < -0.3 is 14.4 Å². The molecule has 178 valence electrons. The number of benzene rings is 2. The summed E-state index contributed by atoms with van der Waals surface area (Å²) in [5.41, 5.74) is 3.05. The molecule has 0 aliphatic carbocycles. The molecule has 3 heterocycles. The minimum absolute atomic E-state index is 0.263. The van der Waals surface area contributed by atoms with Crippen LogP contribution >= 0.6 is 11.3 Å². The zero-order valence-electron chi connectivity index (χ0n) is 19.5. The molecule has 1 saturated heterocycles. The SMILES string of the molecule is Cc1cccc(-c2nc(CN3CCN(C[C@H](O)COc4ccc5sc(C)nc5c4)CC3)no2)c1. The van der Waals surface area contributed by atoms with Gasteiger partial charge in [-0.2, -0.15) is 4.98 Å². The molecule has 9 heteroatoms. The molecule has 34 heavy (non-hydrogen) atoms. The van der Waals surface area contributed by atoms with Crippen LogP contribution in [0.5, 0.6) is 5.75 Å². The maximum absolute atomic E-state index is 10.5. The Balaban J connectivity index is 1.06. The monoisotopic (exact) mass is 479 g/mol. The van der Waals surface area contributed by atoms with Crippen LogP contribution in [0, 0.1) is 13.8 Å². The number of hydrogen-bond donors (Lipinski definition) is 1. The molecule has 4 aromatic rings. The van der Waals surface area contributed by atoms with Crippen molar-refractivity contribution in [1.82, 2.24) is 24.9 Å². The Morgan fingerprint density at radius 2 is 1.88 bits per heavy atom. The molecule has 1 fully saturated rings. The fourth-order valence-electron chi connectivity index (χ4n) is 4.20. The van der Waals surface area contributed by atoms with Crippen LogP contribution in [0.2, 0.25) is 0 Å². The van der Waals surface area contributed by atoms with E-state index in [1.807, 2.05) is 56.3 Å². The lowest BCUT2D eigenvalue weighted by Gasteiger charge is -2.34. The molecule has 8 nitrogen and oxygen atoms in total. The number of aryl methyl sites for hydroxylation is 2. The maximum atomic E-state index is 10.5. The Morgan fingerprint density at radius 3 is 2.71 bits per heavy atom. The highest BCUT2D eigenvalue weighted by Gasteiger charge is 2.21. The number of aliphatic hydroxyl groups is 1. The number of aliphatic hydroxyl groups excluding tert-OH is 1. The average molecular weight is 480 g/mol. The molecule has 1 aliphatic heterocycles. The molecule has 2 aromatic carbocycles.